The van der Waals surface area contributed by atoms with Crippen LogP contribution < -0.4 is 4.74 Å². The van der Waals surface area contributed by atoms with Gasteiger partial charge < -0.3 is 4.74 Å². The first-order valence-corrected chi connectivity index (χ1v) is 12.2. The monoisotopic (exact) mass is 488 g/mol. The Bertz CT molecular complexity index is 1110. The first-order valence-electron chi connectivity index (χ1n) is 12.2. The Morgan fingerprint density at radius 1 is 0.886 bits per heavy atom. The zero-order valence-corrected chi connectivity index (χ0v) is 19.5. The van der Waals surface area contributed by atoms with Gasteiger partial charge in [-0.1, -0.05) is 30.4 Å². The van der Waals surface area contributed by atoms with Crippen molar-refractivity contribution in [2.24, 2.45) is 17.8 Å². The molecule has 2 fully saturated rings. The second-order valence-electron chi connectivity index (χ2n) is 9.75. The summed E-state index contributed by atoms with van der Waals surface area (Å²) in [6.45, 7) is 3.83. The van der Waals surface area contributed by atoms with Gasteiger partial charge in [-0.25, -0.2) is 8.78 Å². The predicted molar refractivity (Wildman–Crippen MR) is 126 cm³/mol. The minimum atomic E-state index is -4.91. The van der Waals surface area contributed by atoms with Gasteiger partial charge in [-0.05, 0) is 98.4 Å². The molecule has 4 atom stereocenters. The molecule has 2 aromatic carbocycles. The molecule has 4 rings (SSSR count). The molecule has 0 radical (unpaired) electrons. The normalized spacial score (nSPS) is 24.1. The molecule has 2 aliphatic rings. The number of ether oxygens (including phenoxy) is 1. The molecule has 6 heteroatoms. The number of halogens is 5. The summed E-state index contributed by atoms with van der Waals surface area (Å²) in [5.41, 5.74) is 0.963. The molecule has 2 aromatic rings. The van der Waals surface area contributed by atoms with E-state index in [0.717, 1.165) is 48.8 Å². The molecule has 0 N–H and O–H groups in total. The van der Waals surface area contributed by atoms with E-state index in [1.807, 2.05) is 12.1 Å². The second kappa shape index (κ2) is 10.8. The third-order valence-electron chi connectivity index (χ3n) is 7.47. The summed E-state index contributed by atoms with van der Waals surface area (Å²) in [5.74, 6) is 5.60. The minimum Gasteiger partial charge on any atom is -0.406 e. The molecule has 0 amide bonds. The van der Waals surface area contributed by atoms with Crippen LogP contribution in [0.25, 0.3) is 0 Å². The SMILES string of the molecule is C=CCCC1CCC2CC(c3ccc(C#Cc4ccc(OC(F)(F)F)cc4F)c(F)c3)CCC2C1. The first kappa shape index (κ1) is 25.3. The molecule has 4 unspecified atom stereocenters. The van der Waals surface area contributed by atoms with E-state index in [0.29, 0.717) is 17.9 Å². The molecule has 0 heterocycles. The van der Waals surface area contributed by atoms with Gasteiger partial charge in [-0.15, -0.1) is 19.8 Å². The van der Waals surface area contributed by atoms with Crippen molar-refractivity contribution < 1.29 is 26.7 Å². The van der Waals surface area contributed by atoms with Crippen LogP contribution in [0.1, 0.15) is 74.0 Å². The van der Waals surface area contributed by atoms with Gasteiger partial charge in [0.1, 0.15) is 17.4 Å². The highest BCUT2D eigenvalue weighted by atomic mass is 19.4. The molecule has 0 aliphatic heterocycles. The van der Waals surface area contributed by atoms with Crippen molar-refractivity contribution in [2.75, 3.05) is 0 Å². The maximum Gasteiger partial charge on any atom is 0.573 e. The summed E-state index contributed by atoms with van der Waals surface area (Å²) in [4.78, 5) is 0. The predicted octanol–water partition coefficient (Wildman–Crippen LogP) is 8.53. The quantitative estimate of drug-likeness (QED) is 0.233. The van der Waals surface area contributed by atoms with Crippen LogP contribution in [-0.4, -0.2) is 6.36 Å². The summed E-state index contributed by atoms with van der Waals surface area (Å²) >= 11 is 0. The summed E-state index contributed by atoms with van der Waals surface area (Å²) in [5, 5.41) is 0. The molecule has 2 aliphatic carbocycles. The third kappa shape index (κ3) is 6.66. The number of benzene rings is 2. The van der Waals surface area contributed by atoms with E-state index in [1.165, 1.54) is 38.2 Å². The van der Waals surface area contributed by atoms with E-state index in [-0.39, 0.29) is 11.1 Å². The average Bonchev–Trinajstić information content (AvgIpc) is 2.81. The summed E-state index contributed by atoms with van der Waals surface area (Å²) < 4.78 is 69.4. The number of allylic oxidation sites excluding steroid dienone is 1. The van der Waals surface area contributed by atoms with Gasteiger partial charge in [0.25, 0.3) is 0 Å². The largest absolute Gasteiger partial charge is 0.573 e. The summed E-state index contributed by atoms with van der Waals surface area (Å²) in [6, 6.07) is 7.70. The highest BCUT2D eigenvalue weighted by Crippen LogP contribution is 2.48. The molecular weight excluding hydrogens is 459 g/mol. The lowest BCUT2D eigenvalue weighted by Gasteiger charge is -2.42. The lowest BCUT2D eigenvalue weighted by atomic mass is 9.63. The Labute approximate surface area is 203 Å². The van der Waals surface area contributed by atoms with Gasteiger partial charge in [0.2, 0.25) is 0 Å². The molecular formula is C29H29F5O. The van der Waals surface area contributed by atoms with Crippen LogP contribution in [0.4, 0.5) is 22.0 Å². The summed E-state index contributed by atoms with van der Waals surface area (Å²) in [7, 11) is 0. The Hall–Kier alpha value is -2.81. The smallest absolute Gasteiger partial charge is 0.406 e. The molecule has 0 spiro atoms. The number of alkyl halides is 3. The Morgan fingerprint density at radius 3 is 2.20 bits per heavy atom. The van der Waals surface area contributed by atoms with E-state index in [1.54, 1.807) is 6.07 Å². The van der Waals surface area contributed by atoms with Gasteiger partial charge in [0.05, 0.1) is 11.1 Å². The van der Waals surface area contributed by atoms with Crippen LogP contribution in [0.2, 0.25) is 0 Å². The van der Waals surface area contributed by atoms with Crippen molar-refractivity contribution in [2.45, 2.75) is 63.6 Å². The van der Waals surface area contributed by atoms with Gasteiger partial charge in [0.15, 0.2) is 0 Å². The van der Waals surface area contributed by atoms with Crippen LogP contribution in [0.15, 0.2) is 49.1 Å². The fraction of sp³-hybridized carbons (Fsp3) is 0.448. The van der Waals surface area contributed by atoms with E-state index in [2.05, 4.69) is 23.2 Å². The van der Waals surface area contributed by atoms with E-state index in [9.17, 15) is 22.0 Å². The van der Waals surface area contributed by atoms with Gasteiger partial charge >= 0.3 is 6.36 Å². The molecule has 35 heavy (non-hydrogen) atoms. The van der Waals surface area contributed by atoms with E-state index < -0.39 is 23.7 Å². The topological polar surface area (TPSA) is 9.23 Å². The van der Waals surface area contributed by atoms with Gasteiger partial charge in [0, 0.05) is 6.07 Å². The molecule has 1 nitrogen and oxygen atoms in total. The average molecular weight is 489 g/mol. The maximum atomic E-state index is 14.8. The van der Waals surface area contributed by atoms with Crippen molar-refractivity contribution in [3.8, 4) is 17.6 Å². The van der Waals surface area contributed by atoms with Crippen molar-refractivity contribution in [1.29, 1.82) is 0 Å². The molecule has 0 bridgehead atoms. The number of fused-ring (bicyclic) bond motifs is 1. The lowest BCUT2D eigenvalue weighted by molar-refractivity contribution is -0.274. The van der Waals surface area contributed by atoms with Crippen molar-refractivity contribution in [3.05, 3.63) is 77.4 Å². The van der Waals surface area contributed by atoms with Crippen LogP contribution in [-0.2, 0) is 0 Å². The fourth-order valence-corrected chi connectivity index (χ4v) is 5.72. The van der Waals surface area contributed by atoms with Crippen molar-refractivity contribution in [1.82, 2.24) is 0 Å². The zero-order valence-electron chi connectivity index (χ0n) is 19.5. The standard InChI is InChI=1S/C29H29F5O/c1-2-3-4-19-5-6-23-16-24(12-11-22(23)15-19)25-10-9-20(27(30)17-25)7-8-21-13-14-26(18-28(21)31)35-29(32,33)34/h2,9-10,13-14,17-19,22-24H,1,3-6,11-12,15-16H2. The molecule has 2 saturated carbocycles. The highest BCUT2D eigenvalue weighted by Gasteiger charge is 2.36. The molecule has 0 saturated heterocycles. The van der Waals surface area contributed by atoms with Crippen LogP contribution >= 0.6 is 0 Å². The van der Waals surface area contributed by atoms with Crippen LogP contribution in [0.3, 0.4) is 0 Å². The summed E-state index contributed by atoms with van der Waals surface area (Å²) in [6.07, 6.45) is 6.54. The Kier molecular flexibility index (Phi) is 7.84. The zero-order chi connectivity index (χ0) is 25.0. The van der Waals surface area contributed by atoms with Crippen LogP contribution in [0.5, 0.6) is 5.75 Å². The first-order chi connectivity index (χ1) is 16.7. The number of hydrogen-bond donors (Lipinski definition) is 0. The second-order valence-corrected chi connectivity index (χ2v) is 9.75. The number of hydrogen-bond acceptors (Lipinski definition) is 1. The minimum absolute atomic E-state index is 0.125. The fourth-order valence-electron chi connectivity index (χ4n) is 5.72. The maximum absolute atomic E-state index is 14.8. The molecule has 0 aromatic heterocycles. The van der Waals surface area contributed by atoms with E-state index in [4.69, 9.17) is 0 Å². The van der Waals surface area contributed by atoms with Gasteiger partial charge in [-0.3, -0.25) is 0 Å². The van der Waals surface area contributed by atoms with Gasteiger partial charge in [-0.2, -0.15) is 0 Å². The lowest BCUT2D eigenvalue weighted by Crippen LogP contribution is -2.30. The molecule has 186 valence electrons. The van der Waals surface area contributed by atoms with Crippen molar-refractivity contribution >= 4 is 0 Å². The highest BCUT2D eigenvalue weighted by molar-refractivity contribution is 5.46. The Balaban J connectivity index is 1.40. The third-order valence-corrected chi connectivity index (χ3v) is 7.47. The van der Waals surface area contributed by atoms with Crippen molar-refractivity contribution in [3.63, 3.8) is 0 Å². The van der Waals surface area contributed by atoms with E-state index >= 15 is 0 Å². The Morgan fingerprint density at radius 2 is 1.54 bits per heavy atom. The number of rotatable bonds is 5. The van der Waals surface area contributed by atoms with Crippen LogP contribution in [0, 0.1) is 41.2 Å².